The van der Waals surface area contributed by atoms with Crippen LogP contribution in [0.1, 0.15) is 58.4 Å². The summed E-state index contributed by atoms with van der Waals surface area (Å²) in [6.07, 6.45) is 1.57. The Balaban J connectivity index is 1.96. The highest BCUT2D eigenvalue weighted by Gasteiger charge is 2.40. The number of esters is 1. The third-order valence-corrected chi connectivity index (χ3v) is 6.36. The van der Waals surface area contributed by atoms with Gasteiger partial charge in [-0.05, 0) is 47.8 Å². The lowest BCUT2D eigenvalue weighted by Gasteiger charge is -2.45. The minimum absolute atomic E-state index is 0.0552. The zero-order chi connectivity index (χ0) is 23.9. The monoisotopic (exact) mass is 465 g/mol. The number of methoxy groups -OCH3 is 1. The Hall–Kier alpha value is -2.28. The first-order valence-electron chi connectivity index (χ1n) is 11.2. The molecule has 0 aromatic heterocycles. The fraction of sp³-hybridized carbons (Fsp3) is 0.625. The highest BCUT2D eigenvalue weighted by Crippen LogP contribution is 2.42. The quantitative estimate of drug-likeness (QED) is 0.449. The van der Waals surface area contributed by atoms with Crippen LogP contribution in [0.25, 0.3) is 0 Å². The normalized spacial score (nSPS) is 18.7. The summed E-state index contributed by atoms with van der Waals surface area (Å²) in [5.74, 6) is -0.104. The predicted octanol–water partition coefficient (Wildman–Crippen LogP) is 3.96. The molecule has 1 fully saturated rings. The summed E-state index contributed by atoms with van der Waals surface area (Å²) in [6.45, 7) is 9.79. The number of benzene rings is 1. The molecule has 1 aliphatic rings. The van der Waals surface area contributed by atoms with Crippen LogP contribution in [0.3, 0.4) is 0 Å². The van der Waals surface area contributed by atoms with Gasteiger partial charge in [-0.2, -0.15) is 0 Å². The third kappa shape index (κ3) is 7.12. The second-order valence-electron chi connectivity index (χ2n) is 9.44. The van der Waals surface area contributed by atoms with E-state index in [2.05, 4.69) is 41.4 Å². The second kappa shape index (κ2) is 11.5. The lowest BCUT2D eigenvalue weighted by molar-refractivity contribution is -0.140. The minimum atomic E-state index is -0.613. The van der Waals surface area contributed by atoms with Crippen LogP contribution in [0.5, 0.6) is 0 Å². The molecular formula is C24H36ClN3O4. The number of nitrogens with one attached hydrogen (secondary N) is 2. The van der Waals surface area contributed by atoms with Gasteiger partial charge >= 0.3 is 12.0 Å². The Kier molecular flexibility index (Phi) is 9.37. The molecule has 7 nitrogen and oxygen atoms in total. The van der Waals surface area contributed by atoms with E-state index >= 15 is 0 Å². The standard InChI is InChI=1S/C24H36ClN3O4/c1-16(2)21(27-23(31)26-13-6-7-20(29)32-5)22(30)28-14-12-19(24(3,4)15-28)17-8-10-18(25)11-9-17/h8-11,16,19,21H,6-7,12-15H2,1-5H3,(H2,26,27,31)/t19?,21-/m1/s1. The maximum absolute atomic E-state index is 13.3. The Morgan fingerprint density at radius 3 is 2.44 bits per heavy atom. The highest BCUT2D eigenvalue weighted by atomic mass is 35.5. The van der Waals surface area contributed by atoms with Gasteiger partial charge in [0, 0.05) is 31.1 Å². The lowest BCUT2D eigenvalue weighted by atomic mass is 9.70. The molecule has 2 atom stereocenters. The summed E-state index contributed by atoms with van der Waals surface area (Å²) in [5, 5.41) is 6.25. The van der Waals surface area contributed by atoms with Gasteiger partial charge in [0.15, 0.2) is 0 Å². The second-order valence-corrected chi connectivity index (χ2v) is 9.88. The molecule has 8 heteroatoms. The summed E-state index contributed by atoms with van der Waals surface area (Å²) in [7, 11) is 1.33. The SMILES string of the molecule is COC(=O)CCCNC(=O)N[C@@H](C(=O)N1CCC(c2ccc(Cl)cc2)C(C)(C)C1)C(C)C. The number of carbonyl (C=O) groups is 3. The maximum atomic E-state index is 13.3. The van der Waals surface area contributed by atoms with Crippen molar-refractivity contribution in [3.63, 3.8) is 0 Å². The van der Waals surface area contributed by atoms with Crippen molar-refractivity contribution in [2.75, 3.05) is 26.7 Å². The number of rotatable bonds is 8. The molecule has 0 radical (unpaired) electrons. The van der Waals surface area contributed by atoms with Gasteiger partial charge in [0.2, 0.25) is 5.91 Å². The number of halogens is 1. The minimum Gasteiger partial charge on any atom is -0.469 e. The molecule has 32 heavy (non-hydrogen) atoms. The average Bonchev–Trinajstić information content (AvgIpc) is 2.74. The summed E-state index contributed by atoms with van der Waals surface area (Å²) >= 11 is 6.04. The lowest BCUT2D eigenvalue weighted by Crippen LogP contribution is -2.57. The summed E-state index contributed by atoms with van der Waals surface area (Å²) in [5.41, 5.74) is 1.12. The van der Waals surface area contributed by atoms with Gasteiger partial charge in [-0.3, -0.25) is 9.59 Å². The van der Waals surface area contributed by atoms with E-state index in [0.29, 0.717) is 37.0 Å². The van der Waals surface area contributed by atoms with Gasteiger partial charge in [0.1, 0.15) is 6.04 Å². The van der Waals surface area contributed by atoms with Gasteiger partial charge in [-0.15, -0.1) is 0 Å². The maximum Gasteiger partial charge on any atom is 0.315 e. The van der Waals surface area contributed by atoms with Gasteiger partial charge < -0.3 is 20.3 Å². The van der Waals surface area contributed by atoms with Crippen LogP contribution in [-0.4, -0.2) is 55.6 Å². The number of urea groups is 1. The van der Waals surface area contributed by atoms with Crippen LogP contribution in [0.2, 0.25) is 5.02 Å². The Labute approximate surface area is 196 Å². The largest absolute Gasteiger partial charge is 0.469 e. The summed E-state index contributed by atoms with van der Waals surface area (Å²) in [6, 6.07) is 6.93. The van der Waals surface area contributed by atoms with E-state index in [1.165, 1.54) is 12.7 Å². The van der Waals surface area contributed by atoms with Crippen molar-refractivity contribution in [3.8, 4) is 0 Å². The van der Waals surface area contributed by atoms with Gasteiger partial charge in [-0.25, -0.2) is 4.79 Å². The average molecular weight is 466 g/mol. The molecule has 1 saturated heterocycles. The van der Waals surface area contributed by atoms with Crippen molar-refractivity contribution in [2.45, 2.75) is 58.9 Å². The number of nitrogens with zero attached hydrogens (tertiary/aromatic N) is 1. The Morgan fingerprint density at radius 1 is 1.22 bits per heavy atom. The summed E-state index contributed by atoms with van der Waals surface area (Å²) in [4.78, 5) is 38.7. The number of piperidine rings is 1. The molecular weight excluding hydrogens is 430 g/mol. The molecule has 2 N–H and O–H groups in total. The molecule has 1 unspecified atom stereocenters. The van der Waals surface area contributed by atoms with Crippen molar-refractivity contribution in [2.24, 2.45) is 11.3 Å². The molecule has 178 valence electrons. The van der Waals surface area contributed by atoms with Crippen molar-refractivity contribution in [1.29, 1.82) is 0 Å². The van der Waals surface area contributed by atoms with Crippen LogP contribution in [0, 0.1) is 11.3 Å². The van der Waals surface area contributed by atoms with Crippen molar-refractivity contribution < 1.29 is 19.1 Å². The molecule has 0 saturated carbocycles. The summed E-state index contributed by atoms with van der Waals surface area (Å²) < 4.78 is 4.59. The first kappa shape index (κ1) is 26.0. The fourth-order valence-corrected chi connectivity index (χ4v) is 4.42. The van der Waals surface area contributed by atoms with Crippen LogP contribution in [0.4, 0.5) is 4.79 Å². The molecule has 1 aromatic carbocycles. The highest BCUT2D eigenvalue weighted by molar-refractivity contribution is 6.30. The third-order valence-electron chi connectivity index (χ3n) is 6.10. The molecule has 1 heterocycles. The zero-order valence-electron chi connectivity index (χ0n) is 19.7. The molecule has 1 aromatic rings. The fourth-order valence-electron chi connectivity index (χ4n) is 4.30. The van der Waals surface area contributed by atoms with E-state index in [4.69, 9.17) is 11.6 Å². The smallest absolute Gasteiger partial charge is 0.315 e. The molecule has 3 amide bonds. The number of carbonyl (C=O) groups excluding carboxylic acids is 3. The van der Waals surface area contributed by atoms with E-state index < -0.39 is 12.1 Å². The Bertz CT molecular complexity index is 795. The van der Waals surface area contributed by atoms with E-state index in [1.54, 1.807) is 0 Å². The van der Waals surface area contributed by atoms with Crippen molar-refractivity contribution >= 4 is 29.5 Å². The molecule has 0 bridgehead atoms. The van der Waals surface area contributed by atoms with Gasteiger partial charge in [-0.1, -0.05) is 51.4 Å². The zero-order valence-corrected chi connectivity index (χ0v) is 20.5. The molecule has 0 aliphatic carbocycles. The van der Waals surface area contributed by atoms with E-state index in [9.17, 15) is 14.4 Å². The van der Waals surface area contributed by atoms with E-state index in [1.807, 2.05) is 30.9 Å². The number of hydrogen-bond acceptors (Lipinski definition) is 4. The van der Waals surface area contributed by atoms with E-state index in [-0.39, 0.29) is 29.6 Å². The van der Waals surface area contributed by atoms with Gasteiger partial charge in [0.25, 0.3) is 0 Å². The van der Waals surface area contributed by atoms with Gasteiger partial charge in [0.05, 0.1) is 7.11 Å². The number of likely N-dealkylation sites (tertiary alicyclic amines) is 1. The predicted molar refractivity (Wildman–Crippen MR) is 126 cm³/mol. The number of amides is 3. The van der Waals surface area contributed by atoms with Crippen molar-refractivity contribution in [1.82, 2.24) is 15.5 Å². The van der Waals surface area contributed by atoms with Crippen LogP contribution in [0.15, 0.2) is 24.3 Å². The molecule has 0 spiro atoms. The van der Waals surface area contributed by atoms with Crippen molar-refractivity contribution in [3.05, 3.63) is 34.9 Å². The van der Waals surface area contributed by atoms with E-state index in [0.717, 1.165) is 6.42 Å². The van der Waals surface area contributed by atoms with Crippen LogP contribution in [-0.2, 0) is 14.3 Å². The number of hydrogen-bond donors (Lipinski definition) is 2. The van der Waals surface area contributed by atoms with Crippen LogP contribution < -0.4 is 10.6 Å². The Morgan fingerprint density at radius 2 is 1.88 bits per heavy atom. The molecule has 1 aliphatic heterocycles. The topological polar surface area (TPSA) is 87.7 Å². The molecule has 2 rings (SSSR count). The number of ether oxygens (including phenoxy) is 1. The first-order valence-corrected chi connectivity index (χ1v) is 11.6. The first-order chi connectivity index (χ1) is 15.0. The van der Waals surface area contributed by atoms with Crippen LogP contribution >= 0.6 is 11.6 Å².